The molecule has 1 fully saturated rings. The SMILES string of the molecule is COc1ccccc1CNC(=O)C(=O)N1CCCC(C)C1. The van der Waals surface area contributed by atoms with Crippen molar-refractivity contribution in [3.63, 3.8) is 0 Å². The van der Waals surface area contributed by atoms with Gasteiger partial charge in [0.2, 0.25) is 0 Å². The van der Waals surface area contributed by atoms with Gasteiger partial charge in [-0.05, 0) is 24.8 Å². The average Bonchev–Trinajstić information content (AvgIpc) is 2.52. The highest BCUT2D eigenvalue weighted by Crippen LogP contribution is 2.17. The fraction of sp³-hybridized carbons (Fsp3) is 0.500. The van der Waals surface area contributed by atoms with Gasteiger partial charge in [-0.3, -0.25) is 9.59 Å². The third kappa shape index (κ3) is 3.97. The number of amides is 2. The van der Waals surface area contributed by atoms with Crippen LogP contribution in [0.3, 0.4) is 0 Å². The summed E-state index contributed by atoms with van der Waals surface area (Å²) in [5, 5.41) is 2.68. The van der Waals surface area contributed by atoms with E-state index in [2.05, 4.69) is 12.2 Å². The Morgan fingerprint density at radius 1 is 1.38 bits per heavy atom. The molecule has 5 heteroatoms. The van der Waals surface area contributed by atoms with Gasteiger partial charge in [0, 0.05) is 25.2 Å². The predicted molar refractivity (Wildman–Crippen MR) is 79.8 cm³/mol. The smallest absolute Gasteiger partial charge is 0.311 e. The zero-order valence-corrected chi connectivity index (χ0v) is 12.6. The normalized spacial score (nSPS) is 18.2. The molecule has 21 heavy (non-hydrogen) atoms. The van der Waals surface area contributed by atoms with Gasteiger partial charge in [-0.1, -0.05) is 25.1 Å². The van der Waals surface area contributed by atoms with Crippen LogP contribution in [0.4, 0.5) is 0 Å². The molecule has 0 radical (unpaired) electrons. The molecule has 5 nitrogen and oxygen atoms in total. The summed E-state index contributed by atoms with van der Waals surface area (Å²) < 4.78 is 5.22. The van der Waals surface area contributed by atoms with Crippen molar-refractivity contribution in [3.05, 3.63) is 29.8 Å². The maximum atomic E-state index is 12.1. The molecule has 114 valence electrons. The quantitative estimate of drug-likeness (QED) is 0.860. The minimum atomic E-state index is -0.546. The molecule has 1 atom stereocenters. The summed E-state index contributed by atoms with van der Waals surface area (Å²) in [4.78, 5) is 25.7. The van der Waals surface area contributed by atoms with Crippen molar-refractivity contribution in [2.45, 2.75) is 26.3 Å². The molecule has 1 saturated heterocycles. The van der Waals surface area contributed by atoms with Gasteiger partial charge in [-0.25, -0.2) is 0 Å². The van der Waals surface area contributed by atoms with Gasteiger partial charge in [0.05, 0.1) is 7.11 Å². The molecule has 2 amide bonds. The minimum Gasteiger partial charge on any atom is -0.496 e. The second-order valence-electron chi connectivity index (χ2n) is 5.49. The molecule has 0 aliphatic carbocycles. The van der Waals surface area contributed by atoms with Gasteiger partial charge >= 0.3 is 11.8 Å². The van der Waals surface area contributed by atoms with E-state index in [4.69, 9.17) is 4.74 Å². The number of methoxy groups -OCH3 is 1. The third-order valence-corrected chi connectivity index (χ3v) is 3.77. The van der Waals surface area contributed by atoms with E-state index in [0.717, 1.165) is 18.4 Å². The summed E-state index contributed by atoms with van der Waals surface area (Å²) in [6.45, 7) is 3.73. The summed E-state index contributed by atoms with van der Waals surface area (Å²) in [5.74, 6) is 0.188. The Morgan fingerprint density at radius 2 is 2.14 bits per heavy atom. The molecule has 2 rings (SSSR count). The molecule has 1 N–H and O–H groups in total. The Labute approximate surface area is 125 Å². The molecule has 1 heterocycles. The molecule has 1 unspecified atom stereocenters. The summed E-state index contributed by atoms with van der Waals surface area (Å²) >= 11 is 0. The number of benzene rings is 1. The molecular formula is C16H22N2O3. The first-order valence-electron chi connectivity index (χ1n) is 7.30. The van der Waals surface area contributed by atoms with Crippen LogP contribution in [0.2, 0.25) is 0 Å². The highest BCUT2D eigenvalue weighted by atomic mass is 16.5. The van der Waals surface area contributed by atoms with Crippen LogP contribution in [0.1, 0.15) is 25.3 Å². The molecule has 0 saturated carbocycles. The lowest BCUT2D eigenvalue weighted by Crippen LogP contribution is -2.46. The minimum absolute atomic E-state index is 0.290. The van der Waals surface area contributed by atoms with E-state index in [-0.39, 0.29) is 6.54 Å². The molecule has 0 bridgehead atoms. The highest BCUT2D eigenvalue weighted by Gasteiger charge is 2.25. The van der Waals surface area contributed by atoms with E-state index in [9.17, 15) is 9.59 Å². The Bertz CT molecular complexity index is 516. The maximum Gasteiger partial charge on any atom is 0.311 e. The van der Waals surface area contributed by atoms with Gasteiger partial charge in [-0.15, -0.1) is 0 Å². The Balaban J connectivity index is 1.90. The average molecular weight is 290 g/mol. The molecule has 1 aliphatic heterocycles. The first-order chi connectivity index (χ1) is 10.1. The first-order valence-corrected chi connectivity index (χ1v) is 7.30. The second-order valence-corrected chi connectivity index (χ2v) is 5.49. The Hall–Kier alpha value is -2.04. The number of ether oxygens (including phenoxy) is 1. The highest BCUT2D eigenvalue weighted by molar-refractivity contribution is 6.34. The van der Waals surface area contributed by atoms with E-state index in [0.29, 0.717) is 24.8 Å². The van der Waals surface area contributed by atoms with Crippen LogP contribution in [-0.2, 0) is 16.1 Å². The molecule has 0 aromatic heterocycles. The van der Waals surface area contributed by atoms with E-state index in [1.54, 1.807) is 12.0 Å². The predicted octanol–water partition coefficient (Wildman–Crippen LogP) is 1.57. The van der Waals surface area contributed by atoms with Crippen LogP contribution in [0.25, 0.3) is 0 Å². The fourth-order valence-electron chi connectivity index (χ4n) is 2.62. The number of rotatable bonds is 3. The lowest BCUT2D eigenvalue weighted by molar-refractivity contribution is -0.147. The fourth-order valence-corrected chi connectivity index (χ4v) is 2.62. The summed E-state index contributed by atoms with van der Waals surface area (Å²) in [6.07, 6.45) is 2.08. The van der Waals surface area contributed by atoms with Gasteiger partial charge in [0.1, 0.15) is 5.75 Å². The van der Waals surface area contributed by atoms with Crippen molar-refractivity contribution in [3.8, 4) is 5.75 Å². The first kappa shape index (κ1) is 15.4. The van der Waals surface area contributed by atoms with Crippen LogP contribution < -0.4 is 10.1 Å². The molecular weight excluding hydrogens is 268 g/mol. The number of carbonyl (C=O) groups excluding carboxylic acids is 2. The van der Waals surface area contributed by atoms with Crippen molar-refractivity contribution in [1.29, 1.82) is 0 Å². The van der Waals surface area contributed by atoms with Crippen LogP contribution in [0.15, 0.2) is 24.3 Å². The number of nitrogens with zero attached hydrogens (tertiary/aromatic N) is 1. The molecule has 0 spiro atoms. The lowest BCUT2D eigenvalue weighted by atomic mass is 10.0. The Kier molecular flexibility index (Phi) is 5.20. The van der Waals surface area contributed by atoms with Crippen LogP contribution >= 0.6 is 0 Å². The maximum absolute atomic E-state index is 12.1. The van der Waals surface area contributed by atoms with Crippen molar-refractivity contribution >= 4 is 11.8 Å². The monoisotopic (exact) mass is 290 g/mol. The topological polar surface area (TPSA) is 58.6 Å². The van der Waals surface area contributed by atoms with E-state index < -0.39 is 11.8 Å². The Morgan fingerprint density at radius 3 is 2.86 bits per heavy atom. The molecule has 1 aromatic carbocycles. The van der Waals surface area contributed by atoms with Crippen molar-refractivity contribution in [2.24, 2.45) is 5.92 Å². The van der Waals surface area contributed by atoms with Crippen molar-refractivity contribution in [1.82, 2.24) is 10.2 Å². The number of hydrogen-bond donors (Lipinski definition) is 1. The summed E-state index contributed by atoms with van der Waals surface area (Å²) in [5.41, 5.74) is 0.855. The largest absolute Gasteiger partial charge is 0.496 e. The summed E-state index contributed by atoms with van der Waals surface area (Å²) in [7, 11) is 1.58. The van der Waals surface area contributed by atoms with Crippen LogP contribution in [0, 0.1) is 5.92 Å². The second kappa shape index (κ2) is 7.11. The van der Waals surface area contributed by atoms with Gasteiger partial charge in [0.25, 0.3) is 0 Å². The van der Waals surface area contributed by atoms with Crippen LogP contribution in [0.5, 0.6) is 5.75 Å². The van der Waals surface area contributed by atoms with E-state index in [1.165, 1.54) is 0 Å². The van der Waals surface area contributed by atoms with Crippen LogP contribution in [-0.4, -0.2) is 36.9 Å². The number of nitrogens with one attached hydrogen (secondary N) is 1. The molecule has 1 aliphatic rings. The number of likely N-dealkylation sites (tertiary alicyclic amines) is 1. The zero-order valence-electron chi connectivity index (χ0n) is 12.6. The van der Waals surface area contributed by atoms with E-state index >= 15 is 0 Å². The summed E-state index contributed by atoms with van der Waals surface area (Å²) in [6, 6.07) is 7.44. The van der Waals surface area contributed by atoms with Gasteiger partial charge < -0.3 is 15.0 Å². The number of piperidine rings is 1. The number of para-hydroxylation sites is 1. The number of hydrogen-bond acceptors (Lipinski definition) is 3. The van der Waals surface area contributed by atoms with Crippen molar-refractivity contribution < 1.29 is 14.3 Å². The molecule has 1 aromatic rings. The van der Waals surface area contributed by atoms with Gasteiger partial charge in [0.15, 0.2) is 0 Å². The number of carbonyl (C=O) groups is 2. The zero-order chi connectivity index (χ0) is 15.2. The lowest BCUT2D eigenvalue weighted by Gasteiger charge is -2.30. The third-order valence-electron chi connectivity index (χ3n) is 3.77. The van der Waals surface area contributed by atoms with Crippen molar-refractivity contribution in [2.75, 3.05) is 20.2 Å². The van der Waals surface area contributed by atoms with E-state index in [1.807, 2.05) is 24.3 Å². The van der Waals surface area contributed by atoms with Gasteiger partial charge in [-0.2, -0.15) is 0 Å². The standard InChI is InChI=1S/C16H22N2O3/c1-12-6-5-9-18(11-12)16(20)15(19)17-10-13-7-3-4-8-14(13)21-2/h3-4,7-8,12H,5-6,9-11H2,1-2H3,(H,17,19).